The van der Waals surface area contributed by atoms with E-state index in [4.69, 9.17) is 17.6 Å². The van der Waals surface area contributed by atoms with Gasteiger partial charge >= 0.3 is 0 Å². The standard InChI is InChI=1S/C30H30NS3.C15H28O2.Ir/c1-17(2)14-24-18(3)34-29-22(8-7-9-23(24)29)21-10-12-31-26(27(21)32)20-15-19-11-13-33-28(19)25(16-20)30(4,5)6;1-7-14(5,8-2)12(16)11-13(17)15(6,9-3)10-4;/h7-13,16-17,32H,14H2,1-6H3;11,16H,7-10H2,1-6H3;/q-1;;/b;12-11-;. The Kier molecular flexibility index (Phi) is 15.2. The first kappa shape index (κ1) is 44.1. The second-order valence-electron chi connectivity index (χ2n) is 15.9. The van der Waals surface area contributed by atoms with Gasteiger partial charge in [0.15, 0.2) is 5.78 Å². The SMILES string of the molecule is CCC(C)(CC)C(=O)/C=C(\O)C(C)(CC)CC.Cc1sc2c(-c3ccnc(-c4[c-]c5ccsc5c(C(C)(C)C)c4)c3S)cccc2c1CC(C)C.[Ir]. The van der Waals surface area contributed by atoms with Crippen molar-refractivity contribution in [3.8, 4) is 22.4 Å². The molecular formula is C45H58IrNO2S3-. The topological polar surface area (TPSA) is 50.2 Å². The zero-order valence-corrected chi connectivity index (χ0v) is 38.1. The van der Waals surface area contributed by atoms with Crippen LogP contribution in [0, 0.1) is 29.7 Å². The van der Waals surface area contributed by atoms with Gasteiger partial charge in [0.2, 0.25) is 0 Å². The third-order valence-electron chi connectivity index (χ3n) is 11.0. The number of rotatable bonds is 11. The minimum Gasteiger partial charge on any atom is -0.512 e. The molecule has 0 spiro atoms. The molecule has 7 heteroatoms. The number of ketones is 1. The molecule has 5 rings (SSSR count). The van der Waals surface area contributed by atoms with Gasteiger partial charge in [-0.2, -0.15) is 11.3 Å². The molecule has 0 bridgehead atoms. The fraction of sp³-hybridized carbons (Fsp3) is 0.467. The van der Waals surface area contributed by atoms with Gasteiger partial charge in [-0.1, -0.05) is 105 Å². The number of carbonyl (C=O) groups excluding carboxylic acids is 1. The van der Waals surface area contributed by atoms with Gasteiger partial charge in [-0.3, -0.25) is 9.78 Å². The molecule has 0 amide bonds. The van der Waals surface area contributed by atoms with E-state index in [9.17, 15) is 9.90 Å². The Hall–Kier alpha value is -2.28. The fourth-order valence-corrected chi connectivity index (χ4v) is 9.07. The van der Waals surface area contributed by atoms with Crippen LogP contribution in [-0.4, -0.2) is 15.9 Å². The van der Waals surface area contributed by atoms with Crippen LogP contribution < -0.4 is 0 Å². The van der Waals surface area contributed by atoms with Gasteiger partial charge in [0.05, 0.1) is 0 Å². The molecule has 1 N–H and O–H groups in total. The van der Waals surface area contributed by atoms with Crippen LogP contribution in [0.3, 0.4) is 0 Å². The minimum absolute atomic E-state index is 0. The van der Waals surface area contributed by atoms with Crippen LogP contribution in [0.1, 0.15) is 118 Å². The smallest absolute Gasteiger partial charge is 0.164 e. The van der Waals surface area contributed by atoms with Gasteiger partial charge in [0.1, 0.15) is 5.76 Å². The van der Waals surface area contributed by atoms with Crippen molar-refractivity contribution in [3.63, 3.8) is 0 Å². The molecule has 3 nitrogen and oxygen atoms in total. The summed E-state index contributed by atoms with van der Waals surface area (Å²) in [5, 5.41) is 14.8. The predicted octanol–water partition coefficient (Wildman–Crippen LogP) is 14.4. The number of thiol groups is 1. The van der Waals surface area contributed by atoms with Crippen molar-refractivity contribution >= 4 is 61.3 Å². The molecule has 0 aliphatic rings. The molecule has 0 aliphatic heterocycles. The summed E-state index contributed by atoms with van der Waals surface area (Å²) in [4.78, 5) is 19.3. The zero-order valence-electron chi connectivity index (χ0n) is 33.2. The third kappa shape index (κ3) is 9.32. The average Bonchev–Trinajstić information content (AvgIpc) is 3.70. The van der Waals surface area contributed by atoms with E-state index in [0.717, 1.165) is 59.2 Å². The number of hydrogen-bond acceptors (Lipinski definition) is 6. The molecule has 52 heavy (non-hydrogen) atoms. The van der Waals surface area contributed by atoms with Crippen molar-refractivity contribution in [3.05, 3.63) is 81.9 Å². The maximum Gasteiger partial charge on any atom is 0.164 e. The van der Waals surface area contributed by atoms with Gasteiger partial charge < -0.3 is 5.11 Å². The molecule has 2 aromatic carbocycles. The molecule has 283 valence electrons. The van der Waals surface area contributed by atoms with Gasteiger partial charge in [0.25, 0.3) is 0 Å². The molecule has 3 heterocycles. The fourth-order valence-electron chi connectivity index (χ4n) is 6.41. The van der Waals surface area contributed by atoms with Crippen LogP contribution in [0.25, 0.3) is 42.6 Å². The van der Waals surface area contributed by atoms with Crippen molar-refractivity contribution < 1.29 is 30.0 Å². The number of hydrogen-bond donors (Lipinski definition) is 2. The van der Waals surface area contributed by atoms with Crippen molar-refractivity contribution in [2.45, 2.75) is 125 Å². The second-order valence-corrected chi connectivity index (χ2v) is 18.5. The summed E-state index contributed by atoms with van der Waals surface area (Å²) >= 11 is 8.75. The Bertz CT molecular complexity index is 2020. The monoisotopic (exact) mass is 933 g/mol. The Labute approximate surface area is 340 Å². The van der Waals surface area contributed by atoms with E-state index < -0.39 is 0 Å². The number of allylic oxidation sites excluding steroid dienone is 2. The van der Waals surface area contributed by atoms with Crippen LogP contribution in [-0.2, 0) is 36.7 Å². The molecule has 0 saturated heterocycles. The summed E-state index contributed by atoms with van der Waals surface area (Å²) in [6, 6.07) is 16.8. The first-order valence-corrected chi connectivity index (χ1v) is 20.7. The molecule has 3 aromatic heterocycles. The van der Waals surface area contributed by atoms with Crippen LogP contribution in [0.2, 0.25) is 0 Å². The zero-order chi connectivity index (χ0) is 37.9. The van der Waals surface area contributed by atoms with Gasteiger partial charge in [-0.25, -0.2) is 0 Å². The third-order valence-corrected chi connectivity index (χ3v) is 13.6. The minimum atomic E-state index is -0.337. The summed E-state index contributed by atoms with van der Waals surface area (Å²) < 4.78 is 2.65. The van der Waals surface area contributed by atoms with Crippen LogP contribution >= 0.6 is 35.3 Å². The van der Waals surface area contributed by atoms with E-state index in [0.29, 0.717) is 5.92 Å². The molecule has 0 atom stereocenters. The Balaban J connectivity index is 0.000000347. The van der Waals surface area contributed by atoms with Crippen molar-refractivity contribution in [2.75, 3.05) is 0 Å². The van der Waals surface area contributed by atoms with E-state index in [1.165, 1.54) is 42.4 Å². The van der Waals surface area contributed by atoms with Crippen LogP contribution in [0.5, 0.6) is 0 Å². The van der Waals surface area contributed by atoms with E-state index in [2.05, 4.69) is 89.4 Å². The van der Waals surface area contributed by atoms with E-state index in [1.807, 2.05) is 59.1 Å². The number of carbonyl (C=O) groups is 1. The van der Waals surface area contributed by atoms with E-state index in [-0.39, 0.29) is 47.9 Å². The Morgan fingerprint density at radius 1 is 0.942 bits per heavy atom. The van der Waals surface area contributed by atoms with Crippen LogP contribution in [0.15, 0.2) is 64.7 Å². The quantitative estimate of drug-likeness (QED) is 0.0600. The first-order chi connectivity index (χ1) is 23.9. The number of nitrogens with zero attached hydrogens (tertiary/aromatic N) is 1. The van der Waals surface area contributed by atoms with Gasteiger partial charge in [-0.05, 0) is 83.0 Å². The van der Waals surface area contributed by atoms with Crippen LogP contribution in [0.4, 0.5) is 0 Å². The number of benzene rings is 2. The van der Waals surface area contributed by atoms with Gasteiger partial charge in [-0.15, -0.1) is 47.6 Å². The van der Waals surface area contributed by atoms with E-state index in [1.54, 1.807) is 11.3 Å². The normalized spacial score (nSPS) is 12.6. The number of aliphatic hydroxyl groups excluding tert-OH is 1. The molecule has 5 aromatic rings. The van der Waals surface area contributed by atoms with Gasteiger partial charge in [0, 0.05) is 68.9 Å². The molecular weight excluding hydrogens is 875 g/mol. The van der Waals surface area contributed by atoms with E-state index >= 15 is 0 Å². The second kappa shape index (κ2) is 17.9. The number of fused-ring (bicyclic) bond motifs is 2. The summed E-state index contributed by atoms with van der Waals surface area (Å²) in [5.41, 5.74) is 6.53. The number of aliphatic hydroxyl groups is 1. The molecule has 1 radical (unpaired) electrons. The van der Waals surface area contributed by atoms with Crippen molar-refractivity contribution in [1.29, 1.82) is 0 Å². The first-order valence-electron chi connectivity index (χ1n) is 18.5. The molecule has 0 fully saturated rings. The Morgan fingerprint density at radius 2 is 1.58 bits per heavy atom. The summed E-state index contributed by atoms with van der Waals surface area (Å²) in [5.74, 6) is 0.918. The maximum atomic E-state index is 12.2. The average molecular weight is 933 g/mol. The maximum absolute atomic E-state index is 12.2. The number of aryl methyl sites for hydroxylation is 1. The largest absolute Gasteiger partial charge is 0.512 e. The number of thiophene rings is 2. The predicted molar refractivity (Wildman–Crippen MR) is 227 cm³/mol. The molecule has 0 saturated carbocycles. The molecule has 0 unspecified atom stereocenters. The van der Waals surface area contributed by atoms with Crippen molar-refractivity contribution in [2.24, 2.45) is 16.7 Å². The Morgan fingerprint density at radius 3 is 2.15 bits per heavy atom. The molecule has 0 aliphatic carbocycles. The summed E-state index contributed by atoms with van der Waals surface area (Å²) in [6.45, 7) is 25.7. The number of aromatic nitrogens is 1. The number of pyridine rings is 1. The van der Waals surface area contributed by atoms with Crippen molar-refractivity contribution in [1.82, 2.24) is 4.98 Å². The summed E-state index contributed by atoms with van der Waals surface area (Å²) in [7, 11) is 0. The summed E-state index contributed by atoms with van der Waals surface area (Å²) in [6.07, 6.45) is 7.78.